The molecule has 0 unspecified atom stereocenters. The van der Waals surface area contributed by atoms with Gasteiger partial charge in [0, 0.05) is 11.1 Å². The molecule has 1 heterocycles. The molecule has 0 saturated carbocycles. The smallest absolute Gasteiger partial charge is 0.0130 e. The van der Waals surface area contributed by atoms with Gasteiger partial charge in [-0.15, -0.1) is 0 Å². The Labute approximate surface area is 63.3 Å². The van der Waals surface area contributed by atoms with E-state index < -0.39 is 0 Å². The van der Waals surface area contributed by atoms with Crippen molar-refractivity contribution < 1.29 is 5.48 Å². The molecule has 0 spiro atoms. The molecule has 0 atom stereocenters. The molecule has 62 valence electrons. The second-order valence-electron chi connectivity index (χ2n) is 4.39. The van der Waals surface area contributed by atoms with Crippen LogP contribution in [0.15, 0.2) is 0 Å². The van der Waals surface area contributed by atoms with E-state index in [4.69, 9.17) is 0 Å². The second-order valence-corrected chi connectivity index (χ2v) is 4.39. The molecule has 1 aliphatic heterocycles. The van der Waals surface area contributed by atoms with Gasteiger partial charge in [-0.3, -0.25) is 0 Å². The van der Waals surface area contributed by atoms with Gasteiger partial charge in [0.2, 0.25) is 0 Å². The first-order chi connectivity index (χ1) is 3.91. The van der Waals surface area contributed by atoms with E-state index in [1.807, 2.05) is 0 Å². The molecule has 10 heavy (non-hydrogen) atoms. The summed E-state index contributed by atoms with van der Waals surface area (Å²) >= 11 is 0. The predicted molar refractivity (Wildman–Crippen MR) is 44.1 cm³/mol. The summed E-state index contributed by atoms with van der Waals surface area (Å²) in [5.74, 6) is 0. The van der Waals surface area contributed by atoms with Gasteiger partial charge in [-0.05, 0) is 40.5 Å². The molecule has 2 heteroatoms. The lowest BCUT2D eigenvalue weighted by Gasteiger charge is -2.24. The molecule has 3 N–H and O–H groups in total. The van der Waals surface area contributed by atoms with E-state index in [0.717, 1.165) is 0 Å². The largest absolute Gasteiger partial charge is 0.412 e. The molecule has 1 saturated heterocycles. The zero-order valence-electron chi connectivity index (χ0n) is 7.41. The number of hydrogen-bond acceptors (Lipinski definition) is 1. The van der Waals surface area contributed by atoms with Crippen LogP contribution >= 0.6 is 0 Å². The van der Waals surface area contributed by atoms with E-state index in [0.29, 0.717) is 11.1 Å². The zero-order valence-corrected chi connectivity index (χ0v) is 7.41. The van der Waals surface area contributed by atoms with Crippen molar-refractivity contribution >= 4 is 0 Å². The monoisotopic (exact) mass is 145 g/mol. The molecule has 0 aromatic rings. The van der Waals surface area contributed by atoms with E-state index >= 15 is 0 Å². The lowest BCUT2D eigenvalue weighted by atomic mass is 10.0. The van der Waals surface area contributed by atoms with E-state index in [-0.39, 0.29) is 5.48 Å². The van der Waals surface area contributed by atoms with Crippen molar-refractivity contribution in [3.63, 3.8) is 0 Å². The summed E-state index contributed by atoms with van der Waals surface area (Å²) in [6.45, 7) is 9.06. The van der Waals surface area contributed by atoms with Gasteiger partial charge in [0.25, 0.3) is 0 Å². The molecule has 0 aliphatic carbocycles. The molecular formula is C8H19NO. The average molecular weight is 145 g/mol. The lowest BCUT2D eigenvalue weighted by molar-refractivity contribution is 0.369. The summed E-state index contributed by atoms with van der Waals surface area (Å²) in [6.07, 6.45) is 2.61. The molecule has 1 rings (SSSR count). The molecule has 1 aliphatic rings. The normalized spacial score (nSPS) is 27.6. The van der Waals surface area contributed by atoms with Crippen molar-refractivity contribution in [3.05, 3.63) is 0 Å². The molecule has 0 aromatic heterocycles. The number of hydrogen-bond donors (Lipinski definition) is 1. The fourth-order valence-corrected chi connectivity index (χ4v) is 1.67. The highest BCUT2D eigenvalue weighted by Crippen LogP contribution is 2.29. The van der Waals surface area contributed by atoms with Crippen LogP contribution < -0.4 is 5.32 Å². The van der Waals surface area contributed by atoms with Crippen LogP contribution in [0.25, 0.3) is 0 Å². The Morgan fingerprint density at radius 3 is 1.30 bits per heavy atom. The van der Waals surface area contributed by atoms with Crippen molar-refractivity contribution in [1.29, 1.82) is 0 Å². The van der Waals surface area contributed by atoms with Crippen molar-refractivity contribution in [2.75, 3.05) is 0 Å². The minimum absolute atomic E-state index is 0. The molecule has 1 fully saturated rings. The summed E-state index contributed by atoms with van der Waals surface area (Å²) in [7, 11) is 0. The Kier molecular flexibility index (Phi) is 2.49. The van der Waals surface area contributed by atoms with Crippen molar-refractivity contribution in [2.45, 2.75) is 51.6 Å². The van der Waals surface area contributed by atoms with E-state index in [1.54, 1.807) is 0 Å². The van der Waals surface area contributed by atoms with Gasteiger partial charge in [-0.25, -0.2) is 0 Å². The highest BCUT2D eigenvalue weighted by atomic mass is 16.0. The van der Waals surface area contributed by atoms with Crippen LogP contribution in [0.3, 0.4) is 0 Å². The summed E-state index contributed by atoms with van der Waals surface area (Å²) in [5.41, 5.74) is 0.757. The lowest BCUT2D eigenvalue weighted by Crippen LogP contribution is -2.43. The van der Waals surface area contributed by atoms with E-state index in [1.165, 1.54) is 12.8 Å². The highest BCUT2D eigenvalue weighted by Gasteiger charge is 2.34. The third-order valence-electron chi connectivity index (χ3n) is 2.05. The summed E-state index contributed by atoms with van der Waals surface area (Å²) in [6, 6.07) is 0. The molecule has 2 nitrogen and oxygen atoms in total. The van der Waals surface area contributed by atoms with Crippen molar-refractivity contribution in [3.8, 4) is 0 Å². The standard InChI is InChI=1S/C8H17N.H2O/c1-7(2)5-6-8(3,4)9-7;/h9H,5-6H2,1-4H3;1H2. The van der Waals surface area contributed by atoms with Crippen molar-refractivity contribution in [1.82, 2.24) is 5.32 Å². The Hall–Kier alpha value is -0.0800. The maximum absolute atomic E-state index is 3.57. The quantitative estimate of drug-likeness (QED) is 0.545. The van der Waals surface area contributed by atoms with Crippen LogP contribution in [0.2, 0.25) is 0 Å². The fourth-order valence-electron chi connectivity index (χ4n) is 1.67. The summed E-state index contributed by atoms with van der Waals surface area (Å²) in [4.78, 5) is 0. The molecule has 0 amide bonds. The van der Waals surface area contributed by atoms with Gasteiger partial charge in [0.1, 0.15) is 0 Å². The Balaban J connectivity index is 0.000000810. The molecule has 0 aromatic carbocycles. The van der Waals surface area contributed by atoms with E-state index in [2.05, 4.69) is 33.0 Å². The number of nitrogens with one attached hydrogen (secondary N) is 1. The predicted octanol–water partition coefficient (Wildman–Crippen LogP) is 1.10. The maximum Gasteiger partial charge on any atom is 0.0130 e. The Morgan fingerprint density at radius 1 is 0.900 bits per heavy atom. The third-order valence-corrected chi connectivity index (χ3v) is 2.05. The summed E-state index contributed by atoms with van der Waals surface area (Å²) in [5, 5.41) is 3.57. The maximum atomic E-state index is 3.57. The van der Waals surface area contributed by atoms with Crippen LogP contribution in [0.5, 0.6) is 0 Å². The summed E-state index contributed by atoms with van der Waals surface area (Å²) < 4.78 is 0. The minimum Gasteiger partial charge on any atom is -0.412 e. The molecule has 0 radical (unpaired) electrons. The van der Waals surface area contributed by atoms with Gasteiger partial charge in [-0.2, -0.15) is 0 Å². The van der Waals surface area contributed by atoms with Crippen LogP contribution in [-0.2, 0) is 0 Å². The van der Waals surface area contributed by atoms with E-state index in [9.17, 15) is 0 Å². The second kappa shape index (κ2) is 2.51. The fraction of sp³-hybridized carbons (Fsp3) is 1.00. The minimum atomic E-state index is 0. The van der Waals surface area contributed by atoms with Crippen LogP contribution in [0.4, 0.5) is 0 Å². The van der Waals surface area contributed by atoms with Crippen LogP contribution in [0, 0.1) is 0 Å². The van der Waals surface area contributed by atoms with Gasteiger partial charge in [0.05, 0.1) is 0 Å². The first-order valence-corrected chi connectivity index (χ1v) is 3.71. The number of rotatable bonds is 0. The molecule has 0 bridgehead atoms. The Bertz CT molecular complexity index is 104. The highest BCUT2D eigenvalue weighted by molar-refractivity contribution is 4.96. The van der Waals surface area contributed by atoms with Crippen LogP contribution in [0.1, 0.15) is 40.5 Å². The van der Waals surface area contributed by atoms with Crippen LogP contribution in [-0.4, -0.2) is 16.6 Å². The average Bonchev–Trinajstić information content (AvgIpc) is 1.78. The molecular weight excluding hydrogens is 126 g/mol. The van der Waals surface area contributed by atoms with Gasteiger partial charge >= 0.3 is 0 Å². The SMILES string of the molecule is CC1(C)CCC(C)(C)N1.O. The topological polar surface area (TPSA) is 43.5 Å². The first kappa shape index (κ1) is 9.92. The van der Waals surface area contributed by atoms with Gasteiger partial charge < -0.3 is 10.8 Å². The van der Waals surface area contributed by atoms with Crippen molar-refractivity contribution in [2.24, 2.45) is 0 Å². The zero-order chi connectivity index (χ0) is 7.12. The van der Waals surface area contributed by atoms with Gasteiger partial charge in [-0.1, -0.05) is 0 Å². The first-order valence-electron chi connectivity index (χ1n) is 3.71. The third kappa shape index (κ3) is 2.27. The van der Waals surface area contributed by atoms with Gasteiger partial charge in [0.15, 0.2) is 0 Å². The Morgan fingerprint density at radius 2 is 1.20 bits per heavy atom.